The SMILES string of the molecule is Cc1ncsc1CN(C)C(=O)c1cc(Cl)ccc1F. The highest BCUT2D eigenvalue weighted by atomic mass is 35.5. The molecule has 100 valence electrons. The molecule has 6 heteroatoms. The molecule has 0 aliphatic carbocycles. The second-order valence-corrected chi connectivity index (χ2v) is 5.52. The fourth-order valence-electron chi connectivity index (χ4n) is 1.63. The average Bonchev–Trinajstić information content (AvgIpc) is 2.77. The zero-order valence-corrected chi connectivity index (χ0v) is 12.1. The molecular formula is C13H12ClFN2OS. The first kappa shape index (κ1) is 14.0. The molecule has 0 unspecified atom stereocenters. The molecule has 0 saturated heterocycles. The molecule has 0 aliphatic heterocycles. The van der Waals surface area contributed by atoms with Crippen LogP contribution in [0.1, 0.15) is 20.9 Å². The molecule has 2 rings (SSSR count). The molecule has 0 aliphatic rings. The summed E-state index contributed by atoms with van der Waals surface area (Å²) in [5.41, 5.74) is 2.59. The predicted octanol–water partition coefficient (Wildman–Crippen LogP) is 3.52. The minimum Gasteiger partial charge on any atom is -0.336 e. The van der Waals surface area contributed by atoms with E-state index in [-0.39, 0.29) is 5.56 Å². The highest BCUT2D eigenvalue weighted by molar-refractivity contribution is 7.09. The Kier molecular flexibility index (Phi) is 4.17. The van der Waals surface area contributed by atoms with Crippen LogP contribution >= 0.6 is 22.9 Å². The Morgan fingerprint density at radius 2 is 2.26 bits per heavy atom. The van der Waals surface area contributed by atoms with Crippen molar-refractivity contribution in [3.8, 4) is 0 Å². The van der Waals surface area contributed by atoms with Crippen molar-refractivity contribution in [3.05, 3.63) is 50.7 Å². The van der Waals surface area contributed by atoms with Crippen molar-refractivity contribution >= 4 is 28.8 Å². The van der Waals surface area contributed by atoms with Crippen LogP contribution in [0.4, 0.5) is 4.39 Å². The van der Waals surface area contributed by atoms with E-state index >= 15 is 0 Å². The van der Waals surface area contributed by atoms with Gasteiger partial charge in [0.05, 0.1) is 23.3 Å². The van der Waals surface area contributed by atoms with Gasteiger partial charge < -0.3 is 4.90 Å². The number of carbonyl (C=O) groups excluding carboxylic acids is 1. The molecule has 19 heavy (non-hydrogen) atoms. The smallest absolute Gasteiger partial charge is 0.256 e. The van der Waals surface area contributed by atoms with E-state index in [0.29, 0.717) is 11.6 Å². The van der Waals surface area contributed by atoms with Crippen LogP contribution in [0.5, 0.6) is 0 Å². The molecule has 0 saturated carbocycles. The summed E-state index contributed by atoms with van der Waals surface area (Å²) in [4.78, 5) is 18.7. The van der Waals surface area contributed by atoms with Gasteiger partial charge in [0.25, 0.3) is 5.91 Å². The maximum Gasteiger partial charge on any atom is 0.256 e. The number of aromatic nitrogens is 1. The number of halogens is 2. The van der Waals surface area contributed by atoms with Crippen LogP contribution in [0, 0.1) is 12.7 Å². The zero-order valence-electron chi connectivity index (χ0n) is 10.5. The topological polar surface area (TPSA) is 33.2 Å². The molecule has 1 heterocycles. The van der Waals surface area contributed by atoms with Gasteiger partial charge in [-0.1, -0.05) is 11.6 Å². The van der Waals surface area contributed by atoms with E-state index < -0.39 is 11.7 Å². The monoisotopic (exact) mass is 298 g/mol. The Labute approximate surface area is 119 Å². The van der Waals surface area contributed by atoms with Gasteiger partial charge in [-0.3, -0.25) is 4.79 Å². The Morgan fingerprint density at radius 1 is 1.53 bits per heavy atom. The van der Waals surface area contributed by atoms with Crippen molar-refractivity contribution in [3.63, 3.8) is 0 Å². The van der Waals surface area contributed by atoms with Gasteiger partial charge in [-0.2, -0.15) is 0 Å². The first-order valence-electron chi connectivity index (χ1n) is 5.58. The van der Waals surface area contributed by atoms with E-state index in [0.717, 1.165) is 10.6 Å². The molecular weight excluding hydrogens is 287 g/mol. The molecule has 1 aromatic heterocycles. The molecule has 0 bridgehead atoms. The van der Waals surface area contributed by atoms with Crippen LogP contribution in [0.15, 0.2) is 23.7 Å². The van der Waals surface area contributed by atoms with Gasteiger partial charge in [-0.05, 0) is 25.1 Å². The van der Waals surface area contributed by atoms with Gasteiger partial charge in [0.2, 0.25) is 0 Å². The number of aryl methyl sites for hydroxylation is 1. The second kappa shape index (κ2) is 5.67. The van der Waals surface area contributed by atoms with Crippen molar-refractivity contribution in [2.24, 2.45) is 0 Å². The van der Waals surface area contributed by atoms with Crippen LogP contribution in [0.3, 0.4) is 0 Å². The van der Waals surface area contributed by atoms with Crippen molar-refractivity contribution in [2.45, 2.75) is 13.5 Å². The van der Waals surface area contributed by atoms with E-state index in [2.05, 4.69) is 4.98 Å². The van der Waals surface area contributed by atoms with Crippen molar-refractivity contribution in [1.82, 2.24) is 9.88 Å². The lowest BCUT2D eigenvalue weighted by Gasteiger charge is -2.17. The molecule has 0 N–H and O–H groups in total. The summed E-state index contributed by atoms with van der Waals surface area (Å²) in [6.45, 7) is 2.28. The van der Waals surface area contributed by atoms with E-state index in [1.54, 1.807) is 12.6 Å². The summed E-state index contributed by atoms with van der Waals surface area (Å²) < 4.78 is 13.6. The van der Waals surface area contributed by atoms with E-state index in [4.69, 9.17) is 11.6 Å². The highest BCUT2D eigenvalue weighted by Gasteiger charge is 2.18. The predicted molar refractivity (Wildman–Crippen MR) is 74.1 cm³/mol. The maximum atomic E-state index is 13.6. The van der Waals surface area contributed by atoms with Gasteiger partial charge in [0.1, 0.15) is 5.82 Å². The largest absolute Gasteiger partial charge is 0.336 e. The van der Waals surface area contributed by atoms with Crippen molar-refractivity contribution in [2.75, 3.05) is 7.05 Å². The lowest BCUT2D eigenvalue weighted by atomic mass is 10.2. The van der Waals surface area contributed by atoms with Crippen molar-refractivity contribution in [1.29, 1.82) is 0 Å². The summed E-state index contributed by atoms with van der Waals surface area (Å²) in [5, 5.41) is 0.340. The maximum absolute atomic E-state index is 13.6. The molecule has 0 fully saturated rings. The van der Waals surface area contributed by atoms with Gasteiger partial charge in [-0.15, -0.1) is 11.3 Å². The average molecular weight is 299 g/mol. The van der Waals surface area contributed by atoms with Crippen LogP contribution in [-0.4, -0.2) is 22.8 Å². The number of thiazole rings is 1. The van der Waals surface area contributed by atoms with Gasteiger partial charge >= 0.3 is 0 Å². The van der Waals surface area contributed by atoms with Crippen LogP contribution < -0.4 is 0 Å². The molecule has 2 aromatic rings. The number of hydrogen-bond acceptors (Lipinski definition) is 3. The lowest BCUT2D eigenvalue weighted by molar-refractivity contribution is 0.0781. The molecule has 0 atom stereocenters. The summed E-state index contributed by atoms with van der Waals surface area (Å²) in [6.07, 6.45) is 0. The quantitative estimate of drug-likeness (QED) is 0.868. The standard InChI is InChI=1S/C13H12ClFN2OS/c1-8-12(19-7-16-8)6-17(2)13(18)10-5-9(14)3-4-11(10)15/h3-5,7H,6H2,1-2H3. The number of hydrogen-bond donors (Lipinski definition) is 0. The molecule has 3 nitrogen and oxygen atoms in total. The van der Waals surface area contributed by atoms with Crippen LogP contribution in [0.25, 0.3) is 0 Å². The zero-order chi connectivity index (χ0) is 14.0. The van der Waals surface area contributed by atoms with Crippen molar-refractivity contribution < 1.29 is 9.18 Å². The first-order chi connectivity index (χ1) is 8.99. The third kappa shape index (κ3) is 3.11. The van der Waals surface area contributed by atoms with Crippen LogP contribution in [-0.2, 0) is 6.54 Å². The number of benzene rings is 1. The first-order valence-corrected chi connectivity index (χ1v) is 6.84. The summed E-state index contributed by atoms with van der Waals surface area (Å²) in [7, 11) is 1.63. The number of amides is 1. The van der Waals surface area contributed by atoms with Gasteiger partial charge in [-0.25, -0.2) is 9.37 Å². The summed E-state index contributed by atoms with van der Waals surface area (Å²) in [5.74, 6) is -0.963. The van der Waals surface area contributed by atoms with Gasteiger partial charge in [0, 0.05) is 16.9 Å². The minimum atomic E-state index is -0.567. The third-order valence-corrected chi connectivity index (χ3v) is 3.89. The second-order valence-electron chi connectivity index (χ2n) is 4.15. The Morgan fingerprint density at radius 3 is 2.89 bits per heavy atom. The number of carbonyl (C=O) groups is 1. The third-order valence-electron chi connectivity index (χ3n) is 2.73. The molecule has 0 spiro atoms. The fraction of sp³-hybridized carbons (Fsp3) is 0.231. The van der Waals surface area contributed by atoms with Gasteiger partial charge in [0.15, 0.2) is 0 Å². The minimum absolute atomic E-state index is 0.0165. The van der Waals surface area contributed by atoms with Crippen LogP contribution in [0.2, 0.25) is 5.02 Å². The number of rotatable bonds is 3. The highest BCUT2D eigenvalue weighted by Crippen LogP contribution is 2.19. The lowest BCUT2D eigenvalue weighted by Crippen LogP contribution is -2.27. The summed E-state index contributed by atoms with van der Waals surface area (Å²) in [6, 6.07) is 3.96. The van der Waals surface area contributed by atoms with E-state index in [1.807, 2.05) is 6.92 Å². The molecule has 1 amide bonds. The van der Waals surface area contributed by atoms with E-state index in [1.165, 1.54) is 34.4 Å². The normalized spacial score (nSPS) is 10.5. The van der Waals surface area contributed by atoms with E-state index in [9.17, 15) is 9.18 Å². The Hall–Kier alpha value is -1.46. The summed E-state index contributed by atoms with van der Waals surface area (Å²) >= 11 is 7.26. The Bertz CT molecular complexity index is 614. The Balaban J connectivity index is 2.19. The molecule has 0 radical (unpaired) electrons. The molecule has 1 aromatic carbocycles. The fourth-order valence-corrected chi connectivity index (χ4v) is 2.63. The number of nitrogens with zero attached hydrogens (tertiary/aromatic N) is 2.